The summed E-state index contributed by atoms with van der Waals surface area (Å²) in [6.07, 6.45) is 0. The van der Waals surface area contributed by atoms with Gasteiger partial charge in [0, 0.05) is 23.5 Å². The molecule has 2 amide bonds. The van der Waals surface area contributed by atoms with Crippen molar-refractivity contribution in [2.75, 3.05) is 10.6 Å². The van der Waals surface area contributed by atoms with Crippen LogP contribution in [0, 0.1) is 0 Å². The molecule has 60 heavy (non-hydrogen) atoms. The number of amides is 2. The zero-order chi connectivity index (χ0) is 43.3. The van der Waals surface area contributed by atoms with Crippen molar-refractivity contribution >= 4 is 101 Å². The van der Waals surface area contributed by atoms with Crippen molar-refractivity contribution in [3.8, 4) is 22.9 Å². The Kier molecular flexibility index (Phi) is 9.06. The summed E-state index contributed by atoms with van der Waals surface area (Å²) >= 11 is 0. The van der Waals surface area contributed by atoms with Crippen molar-refractivity contribution in [3.05, 3.63) is 84.9 Å². The number of urea groups is 1. The molecule has 8 N–H and O–H groups in total. The number of carbonyl (C=O) groups is 1. The van der Waals surface area contributed by atoms with Crippen LogP contribution >= 0.6 is 0 Å². The minimum atomic E-state index is -5.07. The van der Waals surface area contributed by atoms with Gasteiger partial charge in [-0.15, -0.1) is 30.0 Å². The zero-order valence-corrected chi connectivity index (χ0v) is 32.5. The Bertz CT molecular complexity index is 3430. The first kappa shape index (κ1) is 40.0. The van der Waals surface area contributed by atoms with Crippen molar-refractivity contribution in [3.63, 3.8) is 0 Å². The first-order valence-electron chi connectivity index (χ1n) is 16.3. The molecule has 0 unspecified atom stereocenters. The van der Waals surface area contributed by atoms with E-state index in [1.165, 1.54) is 36.4 Å². The third kappa shape index (κ3) is 7.26. The highest BCUT2D eigenvalue weighted by molar-refractivity contribution is 7.86. The van der Waals surface area contributed by atoms with Crippen LogP contribution in [0.1, 0.15) is 0 Å². The quantitative estimate of drug-likeness (QED) is 0.101. The Hall–Kier alpha value is -6.85. The third-order valence-electron chi connectivity index (χ3n) is 8.86. The number of fused-ring (bicyclic) bond motifs is 6. The molecule has 8 rings (SSSR count). The van der Waals surface area contributed by atoms with Gasteiger partial charge in [0.1, 0.15) is 54.7 Å². The predicted octanol–water partition coefficient (Wildman–Crippen LogP) is 3.50. The van der Waals surface area contributed by atoms with Gasteiger partial charge in [-0.2, -0.15) is 33.7 Å². The first-order chi connectivity index (χ1) is 28.0. The molecule has 0 aliphatic rings. The summed E-state index contributed by atoms with van der Waals surface area (Å²) in [4.78, 5) is 11.9. The number of benzene rings is 6. The molecule has 0 aliphatic carbocycles. The standard InChI is InChI=1S/C33H22N8O15S4/c42-25-13-19(57(45,46)47)9-15-1-5-21-31(29(15)25)38-40(36-21)23-7-3-17(11-27(23)59(51,52)53)34-33(44)35-18-4-8-24(28(12-18)60(54,55)56)41-37-22-6-2-16-10-20(58(48,49)50)14-26(43)30(16)32(22)39-41/h1-14,42-43H,(H2,34,35,44)(H,45,46,47)(H,48,49,50)(H,51,52,53)(H,54,55,56). The number of hydrogen-bond acceptors (Lipinski definition) is 15. The highest BCUT2D eigenvalue weighted by Gasteiger charge is 2.25. The topological polar surface area (TPSA) is 360 Å². The molecule has 0 fully saturated rings. The van der Waals surface area contributed by atoms with Crippen LogP contribution in [0.15, 0.2) is 105 Å². The Morgan fingerprint density at radius 2 is 0.867 bits per heavy atom. The molecule has 0 saturated heterocycles. The van der Waals surface area contributed by atoms with Gasteiger partial charge in [0.15, 0.2) is 0 Å². The SMILES string of the molecule is O=C(Nc1ccc(-n2nc3ccc4cc(S(=O)(=O)O)cc(O)c4c3n2)c(S(=O)(=O)O)c1)Nc1ccc(-n2nc3ccc4cc(S(=O)(=O)O)cc(O)c4c3n2)c(S(=O)(=O)O)c1. The summed E-state index contributed by atoms with van der Waals surface area (Å²) in [6.45, 7) is 0. The van der Waals surface area contributed by atoms with Gasteiger partial charge in [-0.3, -0.25) is 18.2 Å². The average molecular weight is 899 g/mol. The maximum atomic E-state index is 13.1. The number of phenols is 2. The van der Waals surface area contributed by atoms with E-state index in [1.807, 2.05) is 0 Å². The molecule has 0 saturated carbocycles. The van der Waals surface area contributed by atoms with Gasteiger partial charge >= 0.3 is 6.03 Å². The van der Waals surface area contributed by atoms with Crippen LogP contribution < -0.4 is 10.6 Å². The molecule has 8 aromatic rings. The molecule has 2 aromatic heterocycles. The van der Waals surface area contributed by atoms with Crippen LogP contribution in [0.5, 0.6) is 11.5 Å². The number of nitrogens with one attached hydrogen (secondary N) is 2. The molecule has 0 bridgehead atoms. The summed E-state index contributed by atoms with van der Waals surface area (Å²) in [7, 11) is -19.5. The number of nitrogens with zero attached hydrogens (tertiary/aromatic N) is 6. The number of aromatic hydroxyl groups is 2. The highest BCUT2D eigenvalue weighted by Crippen LogP contribution is 2.36. The maximum Gasteiger partial charge on any atom is 0.323 e. The Labute approximate surface area is 335 Å². The summed E-state index contributed by atoms with van der Waals surface area (Å²) in [6, 6.07) is 14.4. The number of carbonyl (C=O) groups excluding carboxylic acids is 1. The normalized spacial score (nSPS) is 12.7. The van der Waals surface area contributed by atoms with Crippen LogP contribution in [0.25, 0.3) is 55.0 Å². The van der Waals surface area contributed by atoms with E-state index in [-0.39, 0.29) is 66.4 Å². The Balaban J connectivity index is 1.09. The molecule has 0 spiro atoms. The molecule has 23 nitrogen and oxygen atoms in total. The number of aromatic nitrogens is 6. The lowest BCUT2D eigenvalue weighted by atomic mass is 10.1. The van der Waals surface area contributed by atoms with Crippen molar-refractivity contribution in [2.24, 2.45) is 0 Å². The number of phenolic OH excluding ortho intramolecular Hbond substituents is 2. The predicted molar refractivity (Wildman–Crippen MR) is 208 cm³/mol. The lowest BCUT2D eigenvalue weighted by Crippen LogP contribution is -2.20. The fourth-order valence-electron chi connectivity index (χ4n) is 6.31. The summed E-state index contributed by atoms with van der Waals surface area (Å²) in [5.41, 5.74) is -0.965. The van der Waals surface area contributed by atoms with Gasteiger partial charge < -0.3 is 20.8 Å². The smallest absolute Gasteiger partial charge is 0.323 e. The molecule has 2 heterocycles. The van der Waals surface area contributed by atoms with Crippen LogP contribution in [-0.4, -0.2) is 98.1 Å². The number of hydrogen-bond donors (Lipinski definition) is 8. The van der Waals surface area contributed by atoms with Crippen molar-refractivity contribution in [2.45, 2.75) is 19.6 Å². The lowest BCUT2D eigenvalue weighted by molar-refractivity contribution is 0.262. The van der Waals surface area contributed by atoms with E-state index >= 15 is 0 Å². The third-order valence-corrected chi connectivity index (χ3v) is 12.3. The molecule has 0 aliphatic heterocycles. The zero-order valence-electron chi connectivity index (χ0n) is 29.3. The van der Waals surface area contributed by atoms with Crippen LogP contribution in [0.3, 0.4) is 0 Å². The van der Waals surface area contributed by atoms with Gasteiger partial charge in [0.2, 0.25) is 0 Å². The van der Waals surface area contributed by atoms with E-state index in [4.69, 9.17) is 0 Å². The molecule has 308 valence electrons. The van der Waals surface area contributed by atoms with Crippen molar-refractivity contribution in [1.29, 1.82) is 0 Å². The largest absolute Gasteiger partial charge is 0.507 e. The second kappa shape index (κ2) is 13.6. The van der Waals surface area contributed by atoms with Crippen molar-refractivity contribution in [1.82, 2.24) is 30.0 Å². The Morgan fingerprint density at radius 3 is 1.22 bits per heavy atom. The minimum Gasteiger partial charge on any atom is -0.507 e. The number of anilines is 2. The fraction of sp³-hybridized carbons (Fsp3) is 0. The van der Waals surface area contributed by atoms with Gasteiger partial charge in [-0.1, -0.05) is 12.1 Å². The highest BCUT2D eigenvalue weighted by atomic mass is 32.2. The van der Waals surface area contributed by atoms with Gasteiger partial charge in [0.25, 0.3) is 40.5 Å². The number of rotatable bonds is 8. The van der Waals surface area contributed by atoms with Crippen LogP contribution in [0.4, 0.5) is 16.2 Å². The maximum absolute atomic E-state index is 13.1. The van der Waals surface area contributed by atoms with Gasteiger partial charge in [0.05, 0.1) is 20.6 Å². The van der Waals surface area contributed by atoms with E-state index in [1.54, 1.807) is 0 Å². The summed E-state index contributed by atoms with van der Waals surface area (Å²) in [5, 5.41) is 42.9. The van der Waals surface area contributed by atoms with E-state index in [0.717, 1.165) is 58.1 Å². The van der Waals surface area contributed by atoms with Crippen LogP contribution in [0.2, 0.25) is 0 Å². The fourth-order valence-corrected chi connectivity index (χ4v) is 8.76. The van der Waals surface area contributed by atoms with Crippen molar-refractivity contribution < 1.29 is 66.9 Å². The molecule has 0 atom stereocenters. The average Bonchev–Trinajstić information content (AvgIpc) is 3.78. The summed E-state index contributed by atoms with van der Waals surface area (Å²) < 4.78 is 136. The molecular weight excluding hydrogens is 877 g/mol. The van der Waals surface area contributed by atoms with Gasteiger partial charge in [-0.05, 0) is 71.4 Å². The summed E-state index contributed by atoms with van der Waals surface area (Å²) in [5.74, 6) is -1.20. The van der Waals surface area contributed by atoms with E-state index < -0.39 is 77.6 Å². The van der Waals surface area contributed by atoms with E-state index in [9.17, 15) is 66.9 Å². The molecule has 27 heteroatoms. The molecular formula is C33H22N8O15S4. The van der Waals surface area contributed by atoms with Gasteiger partial charge in [-0.25, -0.2) is 4.79 Å². The van der Waals surface area contributed by atoms with E-state index in [0.29, 0.717) is 0 Å². The molecule has 0 radical (unpaired) electrons. The Morgan fingerprint density at radius 1 is 0.483 bits per heavy atom. The van der Waals surface area contributed by atoms with Crippen LogP contribution in [-0.2, 0) is 40.5 Å². The minimum absolute atomic E-state index is 0.00192. The lowest BCUT2D eigenvalue weighted by Gasteiger charge is -2.12. The molecule has 6 aromatic carbocycles. The van der Waals surface area contributed by atoms with E-state index in [2.05, 4.69) is 31.0 Å². The first-order valence-corrected chi connectivity index (χ1v) is 22.0. The second-order valence-electron chi connectivity index (χ2n) is 12.8. The monoisotopic (exact) mass is 898 g/mol. The second-order valence-corrected chi connectivity index (χ2v) is 18.4.